The second kappa shape index (κ2) is 7.22. The maximum Gasteiger partial charge on any atom is 0.244 e. The van der Waals surface area contributed by atoms with E-state index in [1.165, 1.54) is 0 Å². The summed E-state index contributed by atoms with van der Waals surface area (Å²) >= 11 is 3.32. The molecule has 2 rings (SSSR count). The van der Waals surface area contributed by atoms with Crippen molar-refractivity contribution in [2.75, 3.05) is 13.1 Å². The van der Waals surface area contributed by atoms with E-state index < -0.39 is 10.0 Å². The topological polar surface area (TPSA) is 57.6 Å². The van der Waals surface area contributed by atoms with E-state index in [4.69, 9.17) is 5.11 Å². The van der Waals surface area contributed by atoms with Crippen molar-refractivity contribution in [2.24, 2.45) is 5.92 Å². The maximum absolute atomic E-state index is 12.8. The van der Waals surface area contributed by atoms with Gasteiger partial charge in [0.2, 0.25) is 10.0 Å². The Morgan fingerprint density at radius 1 is 1.33 bits per heavy atom. The van der Waals surface area contributed by atoms with Crippen molar-refractivity contribution in [3.63, 3.8) is 0 Å². The minimum absolute atomic E-state index is 0.0964. The molecule has 4 nitrogen and oxygen atoms in total. The third kappa shape index (κ3) is 3.86. The van der Waals surface area contributed by atoms with Crippen LogP contribution in [0.15, 0.2) is 27.6 Å². The molecule has 1 fully saturated rings. The fraction of sp³-hybridized carbons (Fsp3) is 0.600. The zero-order valence-electron chi connectivity index (χ0n) is 12.3. The van der Waals surface area contributed by atoms with Gasteiger partial charge in [-0.15, -0.1) is 0 Å². The molecule has 0 aromatic heterocycles. The van der Waals surface area contributed by atoms with E-state index in [0.717, 1.165) is 25.7 Å². The molecular formula is C15H22BrNO3S. The lowest BCUT2D eigenvalue weighted by Gasteiger charge is -2.21. The van der Waals surface area contributed by atoms with Gasteiger partial charge in [-0.3, -0.25) is 0 Å². The molecule has 1 aromatic carbocycles. The van der Waals surface area contributed by atoms with Crippen LogP contribution in [0.5, 0.6) is 0 Å². The summed E-state index contributed by atoms with van der Waals surface area (Å²) in [6.07, 6.45) is 4.07. The van der Waals surface area contributed by atoms with Gasteiger partial charge < -0.3 is 5.11 Å². The van der Waals surface area contributed by atoms with Crippen molar-refractivity contribution < 1.29 is 13.5 Å². The molecule has 6 heteroatoms. The summed E-state index contributed by atoms with van der Waals surface area (Å²) in [7, 11) is -3.47. The first-order chi connectivity index (χ1) is 9.98. The van der Waals surface area contributed by atoms with E-state index in [9.17, 15) is 8.42 Å². The highest BCUT2D eigenvalue weighted by molar-refractivity contribution is 9.10. The number of aliphatic hydroxyl groups is 1. The monoisotopic (exact) mass is 375 g/mol. The van der Waals surface area contributed by atoms with E-state index in [2.05, 4.69) is 22.9 Å². The van der Waals surface area contributed by atoms with Crippen LogP contribution >= 0.6 is 15.9 Å². The Balaban J connectivity index is 2.25. The van der Waals surface area contributed by atoms with E-state index in [-0.39, 0.29) is 11.5 Å². The molecule has 1 aliphatic heterocycles. The first-order valence-corrected chi connectivity index (χ1v) is 9.61. The second-order valence-electron chi connectivity index (χ2n) is 5.53. The largest absolute Gasteiger partial charge is 0.392 e. The van der Waals surface area contributed by atoms with Crippen LogP contribution in [0.1, 0.15) is 38.2 Å². The van der Waals surface area contributed by atoms with Crippen LogP contribution in [-0.4, -0.2) is 30.9 Å². The van der Waals surface area contributed by atoms with Gasteiger partial charge in [0.05, 0.1) is 11.5 Å². The lowest BCUT2D eigenvalue weighted by molar-refractivity contribution is 0.281. The predicted octanol–water partition coefficient (Wildman–Crippen LogP) is 3.14. The summed E-state index contributed by atoms with van der Waals surface area (Å²) in [5, 5.41) is 9.12. The van der Waals surface area contributed by atoms with Gasteiger partial charge in [-0.2, -0.15) is 4.31 Å². The van der Waals surface area contributed by atoms with Gasteiger partial charge >= 0.3 is 0 Å². The van der Waals surface area contributed by atoms with E-state index in [1.54, 1.807) is 22.5 Å². The fourth-order valence-corrected chi connectivity index (χ4v) is 5.36. The first kappa shape index (κ1) is 16.9. The zero-order chi connectivity index (χ0) is 15.5. The van der Waals surface area contributed by atoms with Gasteiger partial charge in [0.1, 0.15) is 0 Å². The van der Waals surface area contributed by atoms with Crippen molar-refractivity contribution in [3.8, 4) is 0 Å². The molecular weight excluding hydrogens is 354 g/mol. The number of nitrogens with zero attached hydrogens (tertiary/aromatic N) is 1. The molecule has 1 aromatic rings. The molecule has 0 saturated carbocycles. The molecule has 1 atom stereocenters. The molecule has 1 saturated heterocycles. The quantitative estimate of drug-likeness (QED) is 0.878. The summed E-state index contributed by atoms with van der Waals surface area (Å²) in [6, 6.07) is 4.90. The van der Waals surface area contributed by atoms with Gasteiger partial charge in [-0.25, -0.2) is 8.42 Å². The number of rotatable bonds is 4. The Morgan fingerprint density at radius 2 is 2.10 bits per heavy atom. The summed E-state index contributed by atoms with van der Waals surface area (Å²) in [5.41, 5.74) is 0.697. The molecule has 0 aliphatic carbocycles. The van der Waals surface area contributed by atoms with E-state index >= 15 is 0 Å². The molecule has 1 aliphatic rings. The zero-order valence-corrected chi connectivity index (χ0v) is 14.7. The molecule has 0 amide bonds. The van der Waals surface area contributed by atoms with Crippen LogP contribution in [0.2, 0.25) is 0 Å². The Bertz CT molecular complexity index is 589. The Kier molecular flexibility index (Phi) is 5.82. The second-order valence-corrected chi connectivity index (χ2v) is 8.29. The minimum atomic E-state index is -3.47. The van der Waals surface area contributed by atoms with Crippen LogP contribution in [0.25, 0.3) is 0 Å². The molecule has 118 valence electrons. The highest BCUT2D eigenvalue weighted by atomic mass is 79.9. The highest BCUT2D eigenvalue weighted by Crippen LogP contribution is 2.29. The fourth-order valence-electron chi connectivity index (χ4n) is 2.78. The van der Waals surface area contributed by atoms with Gasteiger partial charge in [0, 0.05) is 17.6 Å². The van der Waals surface area contributed by atoms with Crippen molar-refractivity contribution in [2.45, 2.75) is 44.1 Å². The number of hydrogen-bond donors (Lipinski definition) is 1. The molecule has 0 radical (unpaired) electrons. The molecule has 1 heterocycles. The van der Waals surface area contributed by atoms with Crippen molar-refractivity contribution in [1.29, 1.82) is 0 Å². The summed E-state index contributed by atoms with van der Waals surface area (Å²) in [6.45, 7) is 3.25. The van der Waals surface area contributed by atoms with Crippen molar-refractivity contribution >= 4 is 26.0 Å². The standard InChI is InChI=1S/C15H22BrNO3S/c1-2-12-4-3-8-17(9-7-12)21(19,20)15-6-5-13(11-18)10-14(15)16/h5-6,10,12,18H,2-4,7-9,11H2,1H3. The van der Waals surface area contributed by atoms with Gasteiger partial charge in [0.25, 0.3) is 0 Å². The smallest absolute Gasteiger partial charge is 0.244 e. The molecule has 1 N–H and O–H groups in total. The average molecular weight is 376 g/mol. The first-order valence-electron chi connectivity index (χ1n) is 7.38. The Morgan fingerprint density at radius 3 is 2.71 bits per heavy atom. The van der Waals surface area contributed by atoms with Gasteiger partial charge in [-0.1, -0.05) is 19.4 Å². The van der Waals surface area contributed by atoms with Crippen molar-refractivity contribution in [1.82, 2.24) is 4.31 Å². The van der Waals surface area contributed by atoms with Crippen LogP contribution in [0, 0.1) is 5.92 Å². The van der Waals surface area contributed by atoms with Gasteiger partial charge in [-0.05, 0) is 58.8 Å². The normalized spacial score (nSPS) is 21.2. The van der Waals surface area contributed by atoms with Crippen LogP contribution in [0.4, 0.5) is 0 Å². The van der Waals surface area contributed by atoms with Crippen LogP contribution < -0.4 is 0 Å². The van der Waals surface area contributed by atoms with Crippen molar-refractivity contribution in [3.05, 3.63) is 28.2 Å². The maximum atomic E-state index is 12.8. The van der Waals surface area contributed by atoms with E-state index in [0.29, 0.717) is 29.0 Å². The number of halogens is 1. The number of aliphatic hydroxyl groups excluding tert-OH is 1. The number of hydrogen-bond acceptors (Lipinski definition) is 3. The summed E-state index contributed by atoms with van der Waals surface area (Å²) in [4.78, 5) is 0.287. The minimum Gasteiger partial charge on any atom is -0.392 e. The summed E-state index contributed by atoms with van der Waals surface area (Å²) < 4.78 is 27.7. The Labute approximate surface area is 135 Å². The van der Waals surface area contributed by atoms with Crippen LogP contribution in [-0.2, 0) is 16.6 Å². The third-order valence-electron chi connectivity index (χ3n) is 4.18. The third-order valence-corrected chi connectivity index (χ3v) is 7.06. The molecule has 0 spiro atoms. The molecule has 1 unspecified atom stereocenters. The lowest BCUT2D eigenvalue weighted by Crippen LogP contribution is -2.32. The molecule has 0 bridgehead atoms. The van der Waals surface area contributed by atoms with Crippen LogP contribution in [0.3, 0.4) is 0 Å². The number of sulfonamides is 1. The average Bonchev–Trinajstić information content (AvgIpc) is 2.72. The summed E-state index contributed by atoms with van der Waals surface area (Å²) in [5.74, 6) is 0.630. The highest BCUT2D eigenvalue weighted by Gasteiger charge is 2.28. The SMILES string of the molecule is CCC1CCCN(S(=O)(=O)c2ccc(CO)cc2Br)CC1. The lowest BCUT2D eigenvalue weighted by atomic mass is 9.98. The number of benzene rings is 1. The van der Waals surface area contributed by atoms with Gasteiger partial charge in [0.15, 0.2) is 0 Å². The predicted molar refractivity (Wildman–Crippen MR) is 86.5 cm³/mol. The molecule has 21 heavy (non-hydrogen) atoms. The Hall–Kier alpha value is -0.430. The van der Waals surface area contributed by atoms with E-state index in [1.807, 2.05) is 0 Å².